The molecule has 0 fully saturated rings. The van der Waals surface area contributed by atoms with Crippen molar-refractivity contribution >= 4 is 73.2 Å². The van der Waals surface area contributed by atoms with Crippen molar-refractivity contribution in [2.75, 3.05) is 10.0 Å². The van der Waals surface area contributed by atoms with Gasteiger partial charge in [0.05, 0.1) is 16.3 Å². The van der Waals surface area contributed by atoms with Crippen molar-refractivity contribution < 1.29 is 23.7 Å². The normalized spacial score (nSPS) is 11.8. The Bertz CT molecular complexity index is 2300. The van der Waals surface area contributed by atoms with Gasteiger partial charge in [-0.15, -0.1) is 22.9 Å². The maximum absolute atomic E-state index is 12.7. The van der Waals surface area contributed by atoms with Crippen LogP contribution in [-0.2, 0) is 10.0 Å². The summed E-state index contributed by atoms with van der Waals surface area (Å²) in [6, 6.07) is 31.5. The van der Waals surface area contributed by atoms with E-state index in [1.807, 2.05) is 42.5 Å². The number of rotatable bonds is 9. The molecule has 6 rings (SSSR count). The van der Waals surface area contributed by atoms with Gasteiger partial charge in [0.1, 0.15) is 22.9 Å². The molecule has 6 aromatic rings. The van der Waals surface area contributed by atoms with Crippen molar-refractivity contribution in [1.82, 2.24) is 0 Å². The van der Waals surface area contributed by atoms with E-state index in [1.165, 1.54) is 54.6 Å². The third-order valence-electron chi connectivity index (χ3n) is 7.22. The quantitative estimate of drug-likeness (QED) is 0.0506. The third-order valence-corrected chi connectivity index (χ3v) is 8.96. The number of fused-ring (bicyclic) bond motifs is 1. The number of phenols is 3. The molecular formula is C35H28N6O5S2. The number of hydrogen-bond acceptors (Lipinski definition) is 11. The van der Waals surface area contributed by atoms with E-state index in [2.05, 4.69) is 43.1 Å². The van der Waals surface area contributed by atoms with Crippen LogP contribution in [0.1, 0.15) is 5.56 Å². The summed E-state index contributed by atoms with van der Waals surface area (Å²) in [5.41, 5.74) is 3.77. The third kappa shape index (κ3) is 7.22. The molecule has 0 radical (unpaired) electrons. The molecule has 13 heteroatoms. The molecule has 11 nitrogen and oxygen atoms in total. The van der Waals surface area contributed by atoms with Crippen molar-refractivity contribution in [2.45, 2.75) is 16.7 Å². The van der Waals surface area contributed by atoms with Gasteiger partial charge in [0, 0.05) is 33.4 Å². The maximum atomic E-state index is 12.7. The SMILES string of the molecule is Cc1cc(/N=N/c2c(S)cc3cc(Nc4ccccc4)ccc3c2O)c(O)cc1/N=N/c1ccc(S(=O)(=O)Nc2ccc(O)cc2)cc1. The fourth-order valence-corrected chi connectivity index (χ4v) is 6.08. The summed E-state index contributed by atoms with van der Waals surface area (Å²) in [6.07, 6.45) is 0. The lowest BCUT2D eigenvalue weighted by atomic mass is 10.1. The largest absolute Gasteiger partial charge is 0.508 e. The summed E-state index contributed by atoms with van der Waals surface area (Å²) in [5, 5.41) is 52.5. The Labute approximate surface area is 281 Å². The zero-order chi connectivity index (χ0) is 33.8. The smallest absolute Gasteiger partial charge is 0.261 e. The number of azo groups is 2. The molecule has 0 saturated carbocycles. The van der Waals surface area contributed by atoms with E-state index in [1.54, 1.807) is 25.1 Å². The van der Waals surface area contributed by atoms with Crippen molar-refractivity contribution in [1.29, 1.82) is 0 Å². The summed E-state index contributed by atoms with van der Waals surface area (Å²) in [7, 11) is -3.86. The number of hydrogen-bond donors (Lipinski definition) is 6. The summed E-state index contributed by atoms with van der Waals surface area (Å²) in [6.45, 7) is 1.76. The number of thiol groups is 1. The van der Waals surface area contributed by atoms with Gasteiger partial charge in [-0.1, -0.05) is 18.2 Å². The van der Waals surface area contributed by atoms with Gasteiger partial charge in [0.25, 0.3) is 10.0 Å². The standard InChI is InChI=1S/C35H28N6O5S2/c1-21-17-31(39-40-34-33(47)19-22-18-26(11-16-29(22)35(34)44)36-23-5-3-2-4-6-23)32(43)20-30(21)38-37-24-9-14-28(15-10-24)48(45,46)41-25-7-12-27(42)13-8-25/h2-20,36,41-44,47H,1H3/b38-37+,40-39+. The van der Waals surface area contributed by atoms with Crippen LogP contribution in [0.3, 0.4) is 0 Å². The summed E-state index contributed by atoms with van der Waals surface area (Å²) >= 11 is 4.53. The fourth-order valence-electron chi connectivity index (χ4n) is 4.74. The van der Waals surface area contributed by atoms with Crippen molar-refractivity contribution in [2.24, 2.45) is 20.5 Å². The lowest BCUT2D eigenvalue weighted by molar-refractivity contribution is 0.475. The van der Waals surface area contributed by atoms with E-state index in [9.17, 15) is 23.7 Å². The molecule has 0 unspecified atom stereocenters. The molecule has 0 bridgehead atoms. The first-order valence-electron chi connectivity index (χ1n) is 14.5. The van der Waals surface area contributed by atoms with Gasteiger partial charge in [-0.3, -0.25) is 4.72 Å². The number of benzene rings is 6. The molecule has 0 saturated heterocycles. The average molecular weight is 677 g/mol. The molecule has 0 heterocycles. The Kier molecular flexibility index (Phi) is 8.97. The minimum absolute atomic E-state index is 0.0182. The highest BCUT2D eigenvalue weighted by molar-refractivity contribution is 7.92. The van der Waals surface area contributed by atoms with Gasteiger partial charge in [-0.2, -0.15) is 10.2 Å². The Morgan fingerprint density at radius 2 is 1.35 bits per heavy atom. The molecule has 0 spiro atoms. The van der Waals surface area contributed by atoms with Crippen LogP contribution in [-0.4, -0.2) is 23.7 Å². The number of nitrogens with one attached hydrogen (secondary N) is 2. The van der Waals surface area contributed by atoms with Gasteiger partial charge in [-0.25, -0.2) is 8.42 Å². The number of nitrogens with zero attached hydrogens (tertiary/aromatic N) is 4. The van der Waals surface area contributed by atoms with Crippen molar-refractivity contribution in [3.05, 3.63) is 121 Å². The highest BCUT2D eigenvalue weighted by atomic mass is 32.2. The van der Waals surface area contributed by atoms with Crippen LogP contribution in [0.15, 0.2) is 146 Å². The summed E-state index contributed by atoms with van der Waals surface area (Å²) in [5.74, 6) is -0.280. The number of anilines is 3. The highest BCUT2D eigenvalue weighted by Crippen LogP contribution is 2.43. The Hall–Kier alpha value is -5.92. The van der Waals surface area contributed by atoms with Crippen LogP contribution >= 0.6 is 12.6 Å². The van der Waals surface area contributed by atoms with Gasteiger partial charge in [0.2, 0.25) is 0 Å². The van der Waals surface area contributed by atoms with Gasteiger partial charge < -0.3 is 20.6 Å². The van der Waals surface area contributed by atoms with Crippen LogP contribution in [0.25, 0.3) is 10.8 Å². The van der Waals surface area contributed by atoms with E-state index in [4.69, 9.17) is 0 Å². The predicted molar refractivity (Wildman–Crippen MR) is 189 cm³/mol. The van der Waals surface area contributed by atoms with Gasteiger partial charge in [0.15, 0.2) is 5.75 Å². The number of para-hydroxylation sites is 1. The van der Waals surface area contributed by atoms with Gasteiger partial charge >= 0.3 is 0 Å². The molecule has 0 aliphatic carbocycles. The van der Waals surface area contributed by atoms with Crippen LogP contribution < -0.4 is 10.0 Å². The number of sulfonamides is 1. The molecule has 0 aliphatic rings. The average Bonchev–Trinajstić information content (AvgIpc) is 3.07. The second kappa shape index (κ2) is 13.4. The predicted octanol–water partition coefficient (Wildman–Crippen LogP) is 9.93. The van der Waals surface area contributed by atoms with Crippen LogP contribution in [0.4, 0.5) is 39.8 Å². The van der Waals surface area contributed by atoms with Gasteiger partial charge in [-0.05, 0) is 109 Å². The van der Waals surface area contributed by atoms with Crippen LogP contribution in [0.2, 0.25) is 0 Å². The first-order chi connectivity index (χ1) is 23.1. The molecule has 6 aromatic carbocycles. The zero-order valence-electron chi connectivity index (χ0n) is 25.3. The molecule has 5 N–H and O–H groups in total. The Balaban J connectivity index is 1.17. The van der Waals surface area contributed by atoms with E-state index >= 15 is 0 Å². The van der Waals surface area contributed by atoms with Crippen LogP contribution in [0.5, 0.6) is 17.2 Å². The Morgan fingerprint density at radius 1 is 0.667 bits per heavy atom. The van der Waals surface area contributed by atoms with E-state index in [0.29, 0.717) is 32.9 Å². The first kappa shape index (κ1) is 32.0. The second-order valence-corrected chi connectivity index (χ2v) is 12.9. The monoisotopic (exact) mass is 676 g/mol. The van der Waals surface area contributed by atoms with E-state index in [0.717, 1.165) is 16.8 Å². The zero-order valence-corrected chi connectivity index (χ0v) is 27.0. The van der Waals surface area contributed by atoms with E-state index in [-0.39, 0.29) is 33.5 Å². The summed E-state index contributed by atoms with van der Waals surface area (Å²) in [4.78, 5) is 0.418. The maximum Gasteiger partial charge on any atom is 0.261 e. The minimum atomic E-state index is -3.86. The number of aryl methyl sites for hydroxylation is 1. The molecular weight excluding hydrogens is 649 g/mol. The Morgan fingerprint density at radius 3 is 2.08 bits per heavy atom. The highest BCUT2D eigenvalue weighted by Gasteiger charge is 2.15. The van der Waals surface area contributed by atoms with Crippen molar-refractivity contribution in [3.63, 3.8) is 0 Å². The molecule has 0 aliphatic heterocycles. The van der Waals surface area contributed by atoms with Crippen LogP contribution in [0, 0.1) is 6.92 Å². The lowest BCUT2D eigenvalue weighted by Gasteiger charge is -2.11. The van der Waals surface area contributed by atoms with E-state index < -0.39 is 10.0 Å². The topological polar surface area (TPSA) is 168 Å². The first-order valence-corrected chi connectivity index (χ1v) is 16.4. The fraction of sp³-hybridized carbons (Fsp3) is 0.0286. The van der Waals surface area contributed by atoms with Crippen molar-refractivity contribution in [3.8, 4) is 17.2 Å². The summed E-state index contributed by atoms with van der Waals surface area (Å²) < 4.78 is 27.9. The lowest BCUT2D eigenvalue weighted by Crippen LogP contribution is -2.12. The number of phenolic OH excluding ortho intramolecular Hbond substituents is 3. The molecule has 0 aromatic heterocycles. The minimum Gasteiger partial charge on any atom is -0.508 e. The second-order valence-electron chi connectivity index (χ2n) is 10.7. The number of aromatic hydroxyl groups is 3. The molecule has 240 valence electrons. The molecule has 48 heavy (non-hydrogen) atoms. The molecule has 0 amide bonds. The molecule has 0 atom stereocenters.